The van der Waals surface area contributed by atoms with Gasteiger partial charge in [0.25, 0.3) is 5.91 Å². The molecule has 3 amide bonds. The molecule has 2 N–H and O–H groups in total. The highest BCUT2D eigenvalue weighted by Gasteiger charge is 2.25. The predicted octanol–water partition coefficient (Wildman–Crippen LogP) is 5.17. The highest BCUT2D eigenvalue weighted by molar-refractivity contribution is 6.14. The lowest BCUT2D eigenvalue weighted by molar-refractivity contribution is -0.115. The molecule has 0 radical (unpaired) electrons. The number of ether oxygens (including phenoxy) is 1. The van der Waals surface area contributed by atoms with Crippen LogP contribution in [0.5, 0.6) is 0 Å². The summed E-state index contributed by atoms with van der Waals surface area (Å²) in [6.07, 6.45) is 1.68. The Bertz CT molecular complexity index is 1470. The van der Waals surface area contributed by atoms with E-state index < -0.39 is 11.9 Å². The molecule has 0 spiro atoms. The highest BCUT2D eigenvalue weighted by atomic mass is 16.5. The minimum atomic E-state index is -0.551. The molecule has 1 saturated heterocycles. The normalized spacial score (nSPS) is 14.0. The summed E-state index contributed by atoms with van der Waals surface area (Å²) in [7, 11) is 0. The number of aromatic nitrogens is 1. The van der Waals surface area contributed by atoms with Crippen molar-refractivity contribution in [1.82, 2.24) is 15.2 Å². The molecule has 0 atom stereocenters. The van der Waals surface area contributed by atoms with Gasteiger partial charge in [0, 0.05) is 11.3 Å². The van der Waals surface area contributed by atoms with Crippen molar-refractivity contribution in [3.05, 3.63) is 108 Å². The molecule has 4 aromatic rings. The second-order valence-corrected chi connectivity index (χ2v) is 8.13. The average molecular weight is 478 g/mol. The zero-order valence-electron chi connectivity index (χ0n) is 19.5. The van der Waals surface area contributed by atoms with Gasteiger partial charge >= 0.3 is 12.0 Å². The van der Waals surface area contributed by atoms with Crippen molar-refractivity contribution in [3.63, 3.8) is 0 Å². The van der Waals surface area contributed by atoms with Crippen LogP contribution in [0.4, 0.5) is 4.79 Å². The van der Waals surface area contributed by atoms with Crippen molar-refractivity contribution in [2.75, 3.05) is 6.61 Å². The second-order valence-electron chi connectivity index (χ2n) is 8.13. The van der Waals surface area contributed by atoms with Crippen molar-refractivity contribution < 1.29 is 19.1 Å². The summed E-state index contributed by atoms with van der Waals surface area (Å²) in [6.45, 7) is 2.07. The van der Waals surface area contributed by atoms with Crippen LogP contribution >= 0.6 is 0 Å². The Balaban J connectivity index is 1.76. The van der Waals surface area contributed by atoms with Gasteiger partial charge in [0.05, 0.1) is 23.6 Å². The number of benzene rings is 3. The van der Waals surface area contributed by atoms with Crippen LogP contribution in [0.15, 0.2) is 96.7 Å². The summed E-state index contributed by atoms with van der Waals surface area (Å²) in [5, 5.41) is 4.82. The number of nitrogens with zero attached hydrogens (tertiary/aromatic N) is 1. The van der Waals surface area contributed by atoms with Gasteiger partial charge in [0.1, 0.15) is 5.70 Å². The zero-order chi connectivity index (χ0) is 25.1. The van der Waals surface area contributed by atoms with Crippen LogP contribution in [0.3, 0.4) is 0 Å². The quantitative estimate of drug-likeness (QED) is 0.228. The van der Waals surface area contributed by atoms with E-state index in [1.54, 1.807) is 25.1 Å². The molecule has 2 heterocycles. The first-order chi connectivity index (χ1) is 17.5. The molecule has 1 aliphatic heterocycles. The van der Waals surface area contributed by atoms with Crippen LogP contribution in [0.1, 0.15) is 22.8 Å². The first-order valence-corrected chi connectivity index (χ1v) is 11.5. The van der Waals surface area contributed by atoms with Crippen molar-refractivity contribution in [2.45, 2.75) is 6.92 Å². The molecule has 0 saturated carbocycles. The van der Waals surface area contributed by atoms with Gasteiger partial charge in [-0.15, -0.1) is 0 Å². The van der Waals surface area contributed by atoms with E-state index in [-0.39, 0.29) is 11.7 Å². The van der Waals surface area contributed by atoms with E-state index in [9.17, 15) is 14.4 Å². The Hall–Kier alpha value is -4.91. The lowest BCUT2D eigenvalue weighted by Crippen LogP contribution is -2.22. The van der Waals surface area contributed by atoms with Gasteiger partial charge in [-0.25, -0.2) is 9.59 Å². The number of rotatable bonds is 6. The number of esters is 1. The number of hydrogen-bond donors (Lipinski definition) is 2. The molecule has 0 aliphatic carbocycles. The molecule has 0 bridgehead atoms. The van der Waals surface area contributed by atoms with E-state index in [1.165, 1.54) is 0 Å². The first kappa shape index (κ1) is 22.9. The first-order valence-electron chi connectivity index (χ1n) is 11.5. The fraction of sp³-hybridized carbons (Fsp3) is 0.0690. The maximum atomic E-state index is 12.3. The maximum absolute atomic E-state index is 12.3. The summed E-state index contributed by atoms with van der Waals surface area (Å²) in [4.78, 5) is 36.3. The zero-order valence-corrected chi connectivity index (χ0v) is 19.5. The number of imide groups is 1. The third-order valence-corrected chi connectivity index (χ3v) is 5.80. The number of hydrogen-bond acceptors (Lipinski definition) is 4. The SMILES string of the molecule is CCOC(=O)c1ccc(-n2c(-c3ccccc3)cc(/C=C3\NC(=O)NC3=O)c2-c2ccccc2)cc1. The molecule has 36 heavy (non-hydrogen) atoms. The summed E-state index contributed by atoms with van der Waals surface area (Å²) in [5.41, 5.74) is 5.82. The number of carbonyl (C=O) groups excluding carboxylic acids is 3. The number of nitrogens with one attached hydrogen (secondary N) is 2. The van der Waals surface area contributed by atoms with Crippen LogP contribution in [0, 0.1) is 0 Å². The van der Waals surface area contributed by atoms with Crippen molar-refractivity contribution in [3.8, 4) is 28.2 Å². The summed E-state index contributed by atoms with van der Waals surface area (Å²) in [6, 6.07) is 28.3. The van der Waals surface area contributed by atoms with Gasteiger partial charge in [-0.05, 0) is 54.5 Å². The van der Waals surface area contributed by atoms with Crippen molar-refractivity contribution >= 4 is 24.0 Å². The van der Waals surface area contributed by atoms with E-state index in [0.717, 1.165) is 33.8 Å². The third kappa shape index (κ3) is 4.42. The van der Waals surface area contributed by atoms with Crippen LogP contribution in [0.2, 0.25) is 0 Å². The minimum Gasteiger partial charge on any atom is -0.462 e. The number of urea groups is 1. The molecule has 1 aromatic heterocycles. The molecule has 5 rings (SSSR count). The largest absolute Gasteiger partial charge is 0.462 e. The number of carbonyl (C=O) groups is 3. The van der Waals surface area contributed by atoms with Gasteiger partial charge in [-0.2, -0.15) is 0 Å². The molecule has 3 aromatic carbocycles. The number of amides is 3. The topological polar surface area (TPSA) is 89.4 Å². The van der Waals surface area contributed by atoms with Crippen molar-refractivity contribution in [2.24, 2.45) is 0 Å². The Kier molecular flexibility index (Phi) is 6.19. The van der Waals surface area contributed by atoms with Gasteiger partial charge in [-0.3, -0.25) is 10.1 Å². The third-order valence-electron chi connectivity index (χ3n) is 5.80. The van der Waals surface area contributed by atoms with E-state index in [4.69, 9.17) is 4.74 Å². The lowest BCUT2D eigenvalue weighted by atomic mass is 10.1. The van der Waals surface area contributed by atoms with Gasteiger partial charge < -0.3 is 14.6 Å². The molecule has 7 heteroatoms. The fourth-order valence-corrected chi connectivity index (χ4v) is 4.22. The monoisotopic (exact) mass is 477 g/mol. The molecule has 0 unspecified atom stereocenters. The molecule has 7 nitrogen and oxygen atoms in total. The Morgan fingerprint density at radius 3 is 2.08 bits per heavy atom. The Morgan fingerprint density at radius 2 is 1.50 bits per heavy atom. The fourth-order valence-electron chi connectivity index (χ4n) is 4.22. The summed E-state index contributed by atoms with van der Waals surface area (Å²) < 4.78 is 7.22. The van der Waals surface area contributed by atoms with Gasteiger partial charge in [0.2, 0.25) is 0 Å². The summed E-state index contributed by atoms with van der Waals surface area (Å²) in [5.74, 6) is -0.858. The van der Waals surface area contributed by atoms with Gasteiger partial charge in [-0.1, -0.05) is 60.7 Å². The van der Waals surface area contributed by atoms with Crippen LogP contribution in [-0.4, -0.2) is 29.1 Å². The predicted molar refractivity (Wildman–Crippen MR) is 137 cm³/mol. The lowest BCUT2D eigenvalue weighted by Gasteiger charge is -2.15. The average Bonchev–Trinajstić information content (AvgIpc) is 3.44. The van der Waals surface area contributed by atoms with Crippen LogP contribution < -0.4 is 10.6 Å². The maximum Gasteiger partial charge on any atom is 0.338 e. The Morgan fingerprint density at radius 1 is 0.861 bits per heavy atom. The molecular formula is C29H23N3O4. The van der Waals surface area contributed by atoms with E-state index in [2.05, 4.69) is 15.2 Å². The molecule has 1 fully saturated rings. The van der Waals surface area contributed by atoms with E-state index in [0.29, 0.717) is 12.2 Å². The van der Waals surface area contributed by atoms with Gasteiger partial charge in [0.15, 0.2) is 0 Å². The van der Waals surface area contributed by atoms with Crippen molar-refractivity contribution in [1.29, 1.82) is 0 Å². The second kappa shape index (κ2) is 9.76. The smallest absolute Gasteiger partial charge is 0.338 e. The van der Waals surface area contributed by atoms with E-state index >= 15 is 0 Å². The molecule has 1 aliphatic rings. The highest BCUT2D eigenvalue weighted by Crippen LogP contribution is 2.37. The molecule has 178 valence electrons. The van der Waals surface area contributed by atoms with Crippen LogP contribution in [-0.2, 0) is 9.53 Å². The standard InChI is InChI=1S/C29H23N3O4/c1-2-36-28(34)21-13-15-23(16-14-21)32-25(19-9-5-3-6-10-19)18-22(17-24-27(33)31-29(35)30-24)26(32)20-11-7-4-8-12-20/h3-18H,2H2,1H3,(H2,30,31,33,35)/b24-17-. The summed E-state index contributed by atoms with van der Waals surface area (Å²) >= 11 is 0. The van der Waals surface area contributed by atoms with E-state index in [1.807, 2.05) is 78.9 Å². The van der Waals surface area contributed by atoms with Crippen LogP contribution in [0.25, 0.3) is 34.3 Å². The minimum absolute atomic E-state index is 0.173. The Labute approximate surface area is 208 Å². The molecular weight excluding hydrogens is 454 g/mol.